The summed E-state index contributed by atoms with van der Waals surface area (Å²) in [4.78, 5) is 22.2. The second-order valence-electron chi connectivity index (χ2n) is 8.01. The first-order valence-corrected chi connectivity index (χ1v) is 13.1. The van der Waals surface area contributed by atoms with E-state index >= 15 is 0 Å². The SMILES string of the molecule is Cc1cc(I)ccc1Nc1ccc(F)cc1C(=O)O.Cc1cc(I)ccc1Nc1ccccc1C(=O)O. The van der Waals surface area contributed by atoms with E-state index in [0.717, 1.165) is 35.7 Å². The predicted octanol–water partition coefficient (Wildman–Crippen LogP) is 8.22. The van der Waals surface area contributed by atoms with Crippen LogP contribution in [0.1, 0.15) is 31.8 Å². The Hall–Kier alpha value is -3.19. The van der Waals surface area contributed by atoms with E-state index < -0.39 is 17.8 Å². The molecule has 0 aliphatic rings. The zero-order valence-electron chi connectivity index (χ0n) is 19.9. The molecule has 4 rings (SSSR count). The molecule has 0 saturated heterocycles. The number of aromatic carboxylic acids is 2. The molecule has 0 amide bonds. The van der Waals surface area contributed by atoms with Gasteiger partial charge in [0.1, 0.15) is 5.82 Å². The number of benzene rings is 4. The third kappa shape index (κ3) is 7.89. The lowest BCUT2D eigenvalue weighted by Gasteiger charge is -2.12. The topological polar surface area (TPSA) is 98.7 Å². The summed E-state index contributed by atoms with van der Waals surface area (Å²) in [6, 6.07) is 22.3. The first kappa shape index (κ1) is 28.4. The van der Waals surface area contributed by atoms with Gasteiger partial charge in [0.2, 0.25) is 0 Å². The van der Waals surface area contributed by atoms with Gasteiger partial charge >= 0.3 is 11.9 Å². The number of halogens is 3. The van der Waals surface area contributed by atoms with Crippen LogP contribution in [0.4, 0.5) is 27.1 Å². The van der Waals surface area contributed by atoms with Crippen LogP contribution in [0.25, 0.3) is 0 Å². The highest BCUT2D eigenvalue weighted by molar-refractivity contribution is 14.1. The molecule has 190 valence electrons. The number of hydrogen-bond acceptors (Lipinski definition) is 4. The summed E-state index contributed by atoms with van der Waals surface area (Å²) >= 11 is 4.45. The van der Waals surface area contributed by atoms with Crippen molar-refractivity contribution < 1.29 is 24.2 Å². The minimum Gasteiger partial charge on any atom is -0.478 e. The predicted molar refractivity (Wildman–Crippen MR) is 161 cm³/mol. The maximum absolute atomic E-state index is 13.1. The lowest BCUT2D eigenvalue weighted by molar-refractivity contribution is 0.0687. The van der Waals surface area contributed by atoms with Crippen molar-refractivity contribution >= 4 is 79.9 Å². The van der Waals surface area contributed by atoms with E-state index in [1.807, 2.05) is 56.3 Å². The van der Waals surface area contributed by atoms with Crippen LogP contribution in [0.3, 0.4) is 0 Å². The standard InChI is InChI=1S/C14H11FINO2.C14H12INO2/c1-8-6-10(16)3-5-12(8)17-13-4-2-9(15)7-11(13)14(18)19;1-9-8-10(15)6-7-12(9)16-13-5-3-2-4-11(13)14(17)18/h2-7,17H,1H3,(H,18,19);2-8,16H,1H3,(H,17,18). The Morgan fingerprint density at radius 3 is 1.59 bits per heavy atom. The molecule has 0 spiro atoms. The van der Waals surface area contributed by atoms with Gasteiger partial charge in [-0.3, -0.25) is 0 Å². The molecule has 4 N–H and O–H groups in total. The van der Waals surface area contributed by atoms with E-state index in [9.17, 15) is 14.0 Å². The van der Waals surface area contributed by atoms with Crippen molar-refractivity contribution in [2.45, 2.75) is 13.8 Å². The largest absolute Gasteiger partial charge is 0.478 e. The Morgan fingerprint density at radius 1 is 0.649 bits per heavy atom. The number of carboxylic acids is 2. The van der Waals surface area contributed by atoms with Crippen molar-refractivity contribution in [2.24, 2.45) is 0 Å². The maximum Gasteiger partial charge on any atom is 0.337 e. The monoisotopic (exact) mass is 724 g/mol. The molecule has 4 aromatic rings. The van der Waals surface area contributed by atoms with Crippen molar-refractivity contribution in [3.8, 4) is 0 Å². The fraction of sp³-hybridized carbons (Fsp3) is 0.0714. The van der Waals surface area contributed by atoms with Crippen LogP contribution < -0.4 is 10.6 Å². The van der Waals surface area contributed by atoms with Crippen molar-refractivity contribution in [3.05, 3.63) is 114 Å². The summed E-state index contributed by atoms with van der Waals surface area (Å²) in [6.45, 7) is 3.92. The van der Waals surface area contributed by atoms with Gasteiger partial charge in [0, 0.05) is 18.5 Å². The molecule has 0 atom stereocenters. The summed E-state index contributed by atoms with van der Waals surface area (Å²) in [6.07, 6.45) is 0. The molecule has 37 heavy (non-hydrogen) atoms. The first-order chi connectivity index (χ1) is 17.5. The van der Waals surface area contributed by atoms with Crippen LogP contribution >= 0.6 is 45.2 Å². The number of rotatable bonds is 6. The van der Waals surface area contributed by atoms with E-state index in [0.29, 0.717) is 11.4 Å². The summed E-state index contributed by atoms with van der Waals surface area (Å²) in [5.41, 5.74) is 4.97. The molecular formula is C28H23FI2N2O4. The van der Waals surface area contributed by atoms with Crippen LogP contribution in [0.15, 0.2) is 78.9 Å². The molecular weight excluding hydrogens is 701 g/mol. The van der Waals surface area contributed by atoms with Gasteiger partial charge in [-0.05, 0) is 137 Å². The fourth-order valence-electron chi connectivity index (χ4n) is 3.41. The summed E-state index contributed by atoms with van der Waals surface area (Å²) < 4.78 is 15.3. The highest BCUT2D eigenvalue weighted by Gasteiger charge is 2.12. The molecule has 6 nitrogen and oxygen atoms in total. The summed E-state index contributed by atoms with van der Waals surface area (Å²) in [5.74, 6) is -2.66. The summed E-state index contributed by atoms with van der Waals surface area (Å²) in [5, 5.41) is 24.4. The van der Waals surface area contributed by atoms with E-state index in [2.05, 4.69) is 55.8 Å². The Kier molecular flexibility index (Phi) is 9.86. The third-order valence-corrected chi connectivity index (χ3v) is 6.63. The maximum atomic E-state index is 13.1. The van der Waals surface area contributed by atoms with E-state index in [4.69, 9.17) is 10.2 Å². The van der Waals surface area contributed by atoms with Gasteiger partial charge in [-0.2, -0.15) is 0 Å². The number of para-hydroxylation sites is 1. The number of carboxylic acid groups (broad SMARTS) is 2. The molecule has 0 heterocycles. The fourth-order valence-corrected chi connectivity index (χ4v) is 4.70. The van der Waals surface area contributed by atoms with Crippen molar-refractivity contribution in [3.63, 3.8) is 0 Å². The molecule has 9 heteroatoms. The van der Waals surface area contributed by atoms with Crippen LogP contribution in [-0.4, -0.2) is 22.2 Å². The van der Waals surface area contributed by atoms with Crippen LogP contribution in [0, 0.1) is 26.8 Å². The molecule has 0 aromatic heterocycles. The van der Waals surface area contributed by atoms with Crippen molar-refractivity contribution in [1.82, 2.24) is 0 Å². The first-order valence-electron chi connectivity index (χ1n) is 11.0. The quantitative estimate of drug-likeness (QED) is 0.150. The minimum atomic E-state index is -1.16. The number of anilines is 4. The average molecular weight is 724 g/mol. The van der Waals surface area contributed by atoms with E-state index in [1.54, 1.807) is 18.2 Å². The Morgan fingerprint density at radius 2 is 1.11 bits per heavy atom. The molecule has 0 unspecified atom stereocenters. The second kappa shape index (κ2) is 12.9. The van der Waals surface area contributed by atoms with Crippen LogP contribution in [-0.2, 0) is 0 Å². The lowest BCUT2D eigenvalue weighted by Crippen LogP contribution is -2.04. The average Bonchev–Trinajstić information content (AvgIpc) is 2.84. The Balaban J connectivity index is 0.000000206. The third-order valence-electron chi connectivity index (χ3n) is 5.29. The smallest absolute Gasteiger partial charge is 0.337 e. The summed E-state index contributed by atoms with van der Waals surface area (Å²) in [7, 11) is 0. The number of hydrogen-bond donors (Lipinski definition) is 4. The van der Waals surface area contributed by atoms with Crippen molar-refractivity contribution in [2.75, 3.05) is 10.6 Å². The van der Waals surface area contributed by atoms with Gasteiger partial charge in [-0.1, -0.05) is 12.1 Å². The molecule has 4 aromatic carbocycles. The Bertz CT molecular complexity index is 1460. The van der Waals surface area contributed by atoms with Gasteiger partial charge in [0.15, 0.2) is 0 Å². The molecule has 0 radical (unpaired) electrons. The highest BCUT2D eigenvalue weighted by Crippen LogP contribution is 2.26. The molecule has 0 aliphatic carbocycles. The second-order valence-corrected chi connectivity index (χ2v) is 10.5. The van der Waals surface area contributed by atoms with E-state index in [1.165, 1.54) is 12.1 Å². The van der Waals surface area contributed by atoms with Gasteiger partial charge < -0.3 is 20.8 Å². The van der Waals surface area contributed by atoms with Crippen LogP contribution in [0.2, 0.25) is 0 Å². The normalized spacial score (nSPS) is 10.2. The van der Waals surface area contributed by atoms with Crippen LogP contribution in [0.5, 0.6) is 0 Å². The van der Waals surface area contributed by atoms with Crippen molar-refractivity contribution in [1.29, 1.82) is 0 Å². The Labute approximate surface area is 241 Å². The molecule has 0 aliphatic heterocycles. The number of aryl methyl sites for hydroxylation is 2. The zero-order valence-corrected chi connectivity index (χ0v) is 24.2. The zero-order chi connectivity index (χ0) is 27.1. The van der Waals surface area contributed by atoms with Gasteiger partial charge in [-0.25, -0.2) is 14.0 Å². The molecule has 0 fully saturated rings. The van der Waals surface area contributed by atoms with E-state index in [-0.39, 0.29) is 11.1 Å². The van der Waals surface area contributed by atoms with Gasteiger partial charge in [0.25, 0.3) is 0 Å². The van der Waals surface area contributed by atoms with Gasteiger partial charge in [0.05, 0.1) is 22.5 Å². The minimum absolute atomic E-state index is 0.0852. The number of carbonyl (C=O) groups is 2. The molecule has 0 saturated carbocycles. The highest BCUT2D eigenvalue weighted by atomic mass is 127. The molecule has 0 bridgehead atoms. The number of nitrogens with one attached hydrogen (secondary N) is 2. The lowest BCUT2D eigenvalue weighted by atomic mass is 10.1. The van der Waals surface area contributed by atoms with Gasteiger partial charge in [-0.15, -0.1) is 0 Å².